The van der Waals surface area contributed by atoms with Gasteiger partial charge in [-0.1, -0.05) is 6.07 Å². The number of nitriles is 1. The molecule has 2 aromatic rings. The molecule has 0 aliphatic rings. The van der Waals surface area contributed by atoms with E-state index in [0.29, 0.717) is 11.3 Å². The van der Waals surface area contributed by atoms with Gasteiger partial charge < -0.3 is 16.0 Å². The molecule has 0 bridgehead atoms. The van der Waals surface area contributed by atoms with Gasteiger partial charge in [-0.15, -0.1) is 0 Å². The van der Waals surface area contributed by atoms with Crippen LogP contribution < -0.4 is 16.0 Å². The first-order valence-electron chi connectivity index (χ1n) is 6.36. The molecule has 0 amide bonds. The quantitative estimate of drug-likeness (QED) is 0.837. The molecule has 3 N–H and O–H groups in total. The van der Waals surface area contributed by atoms with Gasteiger partial charge >= 0.3 is 0 Å². The predicted molar refractivity (Wildman–Crippen MR) is 84.4 cm³/mol. The minimum atomic E-state index is 0.561. The van der Waals surface area contributed by atoms with Gasteiger partial charge in [0.05, 0.1) is 23.0 Å². The summed E-state index contributed by atoms with van der Waals surface area (Å²) >= 11 is 0. The van der Waals surface area contributed by atoms with Gasteiger partial charge in [0.2, 0.25) is 0 Å². The summed E-state index contributed by atoms with van der Waals surface area (Å²) < 4.78 is 0. The third-order valence-electron chi connectivity index (χ3n) is 3.15. The van der Waals surface area contributed by atoms with Crippen LogP contribution in [-0.4, -0.2) is 14.1 Å². The fraction of sp³-hybridized carbons (Fsp3) is 0.188. The summed E-state index contributed by atoms with van der Waals surface area (Å²) in [6, 6.07) is 13.5. The average molecular weight is 266 g/mol. The van der Waals surface area contributed by atoms with Crippen LogP contribution in [0.1, 0.15) is 11.1 Å². The summed E-state index contributed by atoms with van der Waals surface area (Å²) in [6.07, 6.45) is 0. The number of rotatable bonds is 3. The molecule has 4 nitrogen and oxygen atoms in total. The van der Waals surface area contributed by atoms with Gasteiger partial charge in [-0.2, -0.15) is 5.26 Å². The van der Waals surface area contributed by atoms with Crippen molar-refractivity contribution < 1.29 is 0 Å². The van der Waals surface area contributed by atoms with E-state index in [9.17, 15) is 0 Å². The molecular formula is C16H18N4. The highest BCUT2D eigenvalue weighted by Gasteiger charge is 2.05. The van der Waals surface area contributed by atoms with Crippen molar-refractivity contribution in [2.24, 2.45) is 0 Å². The Morgan fingerprint density at radius 1 is 1.15 bits per heavy atom. The van der Waals surface area contributed by atoms with E-state index in [4.69, 9.17) is 11.0 Å². The van der Waals surface area contributed by atoms with Gasteiger partial charge in [0, 0.05) is 25.5 Å². The zero-order valence-corrected chi connectivity index (χ0v) is 11.9. The molecule has 0 spiro atoms. The summed E-state index contributed by atoms with van der Waals surface area (Å²) in [5, 5.41) is 12.1. The molecule has 0 heterocycles. The van der Waals surface area contributed by atoms with E-state index in [-0.39, 0.29) is 0 Å². The Hall–Kier alpha value is -2.67. The SMILES string of the molecule is Cc1ccc(Nc2ccc(C#N)cc2N)cc1N(C)C. The first-order chi connectivity index (χ1) is 9.51. The van der Waals surface area contributed by atoms with Gasteiger partial charge in [-0.3, -0.25) is 0 Å². The molecule has 0 aliphatic carbocycles. The van der Waals surface area contributed by atoms with E-state index in [1.165, 1.54) is 5.56 Å². The number of nitrogen functional groups attached to an aromatic ring is 1. The monoisotopic (exact) mass is 266 g/mol. The lowest BCUT2D eigenvalue weighted by atomic mass is 10.1. The number of aryl methyl sites for hydroxylation is 1. The lowest BCUT2D eigenvalue weighted by Crippen LogP contribution is -2.10. The van der Waals surface area contributed by atoms with Crippen molar-refractivity contribution in [1.82, 2.24) is 0 Å². The van der Waals surface area contributed by atoms with Crippen LogP contribution in [0.5, 0.6) is 0 Å². The third-order valence-corrected chi connectivity index (χ3v) is 3.15. The molecule has 0 radical (unpaired) electrons. The zero-order valence-electron chi connectivity index (χ0n) is 11.9. The molecule has 0 atom stereocenters. The number of anilines is 4. The van der Waals surface area contributed by atoms with Crippen LogP contribution >= 0.6 is 0 Å². The van der Waals surface area contributed by atoms with Gasteiger partial charge in [-0.25, -0.2) is 0 Å². The Bertz CT molecular complexity index is 669. The van der Waals surface area contributed by atoms with E-state index in [2.05, 4.69) is 35.3 Å². The van der Waals surface area contributed by atoms with Gasteiger partial charge in [0.15, 0.2) is 0 Å². The van der Waals surface area contributed by atoms with Crippen molar-refractivity contribution in [2.45, 2.75) is 6.92 Å². The maximum atomic E-state index is 8.84. The van der Waals surface area contributed by atoms with E-state index in [1.807, 2.05) is 26.2 Å². The molecule has 0 saturated heterocycles. The van der Waals surface area contributed by atoms with Crippen molar-refractivity contribution >= 4 is 22.7 Å². The number of hydrogen-bond acceptors (Lipinski definition) is 4. The standard InChI is InChI=1S/C16H18N4/c1-11-4-6-13(9-16(11)20(2)3)19-15-7-5-12(10-17)8-14(15)18/h4-9,19H,18H2,1-3H3. The molecule has 2 rings (SSSR count). The Morgan fingerprint density at radius 3 is 2.50 bits per heavy atom. The first-order valence-corrected chi connectivity index (χ1v) is 6.36. The normalized spacial score (nSPS) is 9.90. The molecule has 0 fully saturated rings. The Balaban J connectivity index is 2.31. The molecule has 0 aliphatic heterocycles. The summed E-state index contributed by atoms with van der Waals surface area (Å²) in [5.74, 6) is 0. The fourth-order valence-electron chi connectivity index (χ4n) is 2.07. The maximum absolute atomic E-state index is 8.84. The van der Waals surface area contributed by atoms with E-state index in [0.717, 1.165) is 17.1 Å². The lowest BCUT2D eigenvalue weighted by Gasteiger charge is -2.18. The van der Waals surface area contributed by atoms with Crippen molar-refractivity contribution in [1.29, 1.82) is 5.26 Å². The van der Waals surface area contributed by atoms with E-state index < -0.39 is 0 Å². The van der Waals surface area contributed by atoms with Gasteiger partial charge in [-0.05, 0) is 42.8 Å². The van der Waals surface area contributed by atoms with Crippen LogP contribution in [0.2, 0.25) is 0 Å². The molecule has 0 aromatic heterocycles. The smallest absolute Gasteiger partial charge is 0.0992 e. The van der Waals surface area contributed by atoms with Crippen LogP contribution in [0.25, 0.3) is 0 Å². The van der Waals surface area contributed by atoms with Crippen LogP contribution in [0.3, 0.4) is 0 Å². The summed E-state index contributed by atoms with van der Waals surface area (Å²) in [7, 11) is 4.03. The lowest BCUT2D eigenvalue weighted by molar-refractivity contribution is 1.11. The van der Waals surface area contributed by atoms with Crippen LogP contribution in [0, 0.1) is 18.3 Å². The second-order valence-electron chi connectivity index (χ2n) is 4.93. The van der Waals surface area contributed by atoms with Gasteiger partial charge in [0.25, 0.3) is 0 Å². The van der Waals surface area contributed by atoms with Crippen LogP contribution in [0.4, 0.5) is 22.7 Å². The number of benzene rings is 2. The second-order valence-corrected chi connectivity index (χ2v) is 4.93. The number of nitrogens with two attached hydrogens (primary N) is 1. The predicted octanol–water partition coefficient (Wildman–Crippen LogP) is 3.26. The third kappa shape index (κ3) is 2.83. The van der Waals surface area contributed by atoms with Crippen molar-refractivity contribution in [3.8, 4) is 6.07 Å². The van der Waals surface area contributed by atoms with Gasteiger partial charge in [0.1, 0.15) is 0 Å². The van der Waals surface area contributed by atoms with Crippen molar-refractivity contribution in [3.05, 3.63) is 47.5 Å². The molecule has 20 heavy (non-hydrogen) atoms. The van der Waals surface area contributed by atoms with E-state index in [1.54, 1.807) is 12.1 Å². The highest BCUT2D eigenvalue weighted by Crippen LogP contribution is 2.28. The second kappa shape index (κ2) is 5.54. The minimum Gasteiger partial charge on any atom is -0.397 e. The average Bonchev–Trinajstić information content (AvgIpc) is 2.42. The Morgan fingerprint density at radius 2 is 1.90 bits per heavy atom. The number of hydrogen-bond donors (Lipinski definition) is 2. The fourth-order valence-corrected chi connectivity index (χ4v) is 2.07. The zero-order chi connectivity index (χ0) is 14.7. The molecular weight excluding hydrogens is 248 g/mol. The molecule has 2 aromatic carbocycles. The molecule has 0 saturated carbocycles. The Kier molecular flexibility index (Phi) is 3.81. The molecule has 4 heteroatoms. The summed E-state index contributed by atoms with van der Waals surface area (Å²) in [5.41, 5.74) is 11.2. The number of nitrogens with zero attached hydrogens (tertiary/aromatic N) is 2. The largest absolute Gasteiger partial charge is 0.397 e. The topological polar surface area (TPSA) is 65.1 Å². The maximum Gasteiger partial charge on any atom is 0.0992 e. The Labute approximate surface area is 119 Å². The summed E-state index contributed by atoms with van der Waals surface area (Å²) in [4.78, 5) is 2.07. The molecule has 0 unspecified atom stereocenters. The minimum absolute atomic E-state index is 0.561. The van der Waals surface area contributed by atoms with E-state index >= 15 is 0 Å². The number of nitrogens with one attached hydrogen (secondary N) is 1. The van der Waals surface area contributed by atoms with Crippen molar-refractivity contribution in [2.75, 3.05) is 30.0 Å². The van der Waals surface area contributed by atoms with Crippen molar-refractivity contribution in [3.63, 3.8) is 0 Å². The molecule has 102 valence electrons. The highest BCUT2D eigenvalue weighted by atomic mass is 15.1. The highest BCUT2D eigenvalue weighted by molar-refractivity contribution is 5.75. The van der Waals surface area contributed by atoms with Crippen LogP contribution in [0.15, 0.2) is 36.4 Å². The summed E-state index contributed by atoms with van der Waals surface area (Å²) in [6.45, 7) is 2.08. The van der Waals surface area contributed by atoms with Crippen LogP contribution in [-0.2, 0) is 0 Å². The first kappa shape index (κ1) is 13.8.